The Bertz CT molecular complexity index is 509. The molecular weight excluding hydrogens is 244 g/mol. The molecule has 0 spiro atoms. The maximum Gasteiger partial charge on any atom is 0.332 e. The van der Waals surface area contributed by atoms with Crippen LogP contribution in [0.5, 0.6) is 0 Å². The Morgan fingerprint density at radius 1 is 1.26 bits per heavy atom. The third-order valence-electron chi connectivity index (χ3n) is 3.18. The Kier molecular flexibility index (Phi) is 4.28. The topological polar surface area (TPSA) is 79.3 Å². The minimum absolute atomic E-state index is 0.259. The highest BCUT2D eigenvalue weighted by atomic mass is 16.4. The van der Waals surface area contributed by atoms with Crippen molar-refractivity contribution in [3.63, 3.8) is 0 Å². The lowest BCUT2D eigenvalue weighted by molar-refractivity contribution is -0.133. The van der Waals surface area contributed by atoms with E-state index in [1.165, 1.54) is 0 Å². The van der Waals surface area contributed by atoms with E-state index < -0.39 is 5.97 Å². The molecular formula is C14H16N2O3. The maximum absolute atomic E-state index is 12.0. The van der Waals surface area contributed by atoms with E-state index in [1.54, 1.807) is 18.5 Å². The summed E-state index contributed by atoms with van der Waals surface area (Å²) in [6, 6.07) is 3.66. The van der Waals surface area contributed by atoms with Crippen molar-refractivity contribution >= 4 is 11.9 Å². The minimum Gasteiger partial charge on any atom is -0.478 e. The summed E-state index contributed by atoms with van der Waals surface area (Å²) >= 11 is 0. The van der Waals surface area contributed by atoms with Gasteiger partial charge in [-0.3, -0.25) is 9.78 Å². The van der Waals surface area contributed by atoms with Crippen LogP contribution in [0.25, 0.3) is 0 Å². The number of carbonyl (C=O) groups is 2. The van der Waals surface area contributed by atoms with E-state index in [1.807, 2.05) is 6.07 Å². The molecule has 19 heavy (non-hydrogen) atoms. The van der Waals surface area contributed by atoms with Crippen molar-refractivity contribution in [3.8, 4) is 0 Å². The maximum atomic E-state index is 12.0. The quantitative estimate of drug-likeness (QED) is 0.862. The van der Waals surface area contributed by atoms with Gasteiger partial charge < -0.3 is 10.4 Å². The van der Waals surface area contributed by atoms with E-state index in [0.29, 0.717) is 25.0 Å². The molecule has 1 aromatic heterocycles. The van der Waals surface area contributed by atoms with Gasteiger partial charge in [0.25, 0.3) is 0 Å². The van der Waals surface area contributed by atoms with E-state index in [2.05, 4.69) is 10.3 Å². The Labute approximate surface area is 111 Å². The van der Waals surface area contributed by atoms with Crippen LogP contribution in [-0.2, 0) is 16.1 Å². The van der Waals surface area contributed by atoms with E-state index in [-0.39, 0.29) is 11.5 Å². The smallest absolute Gasteiger partial charge is 0.332 e. The number of carboxylic acid groups (broad SMARTS) is 1. The second kappa shape index (κ2) is 6.13. The summed E-state index contributed by atoms with van der Waals surface area (Å²) in [5.41, 5.74) is 1.57. The monoisotopic (exact) mass is 260 g/mol. The van der Waals surface area contributed by atoms with Crippen LogP contribution in [0.15, 0.2) is 35.7 Å². The average Bonchev–Trinajstić information content (AvgIpc) is 2.46. The molecule has 0 fully saturated rings. The first-order chi connectivity index (χ1) is 9.18. The van der Waals surface area contributed by atoms with Crippen molar-refractivity contribution in [1.82, 2.24) is 10.3 Å². The number of carbonyl (C=O) groups excluding carboxylic acids is 1. The zero-order valence-electron chi connectivity index (χ0n) is 10.6. The van der Waals surface area contributed by atoms with Crippen molar-refractivity contribution < 1.29 is 14.7 Å². The molecule has 1 heterocycles. The second-order valence-corrected chi connectivity index (χ2v) is 4.51. The number of hydrogen-bond acceptors (Lipinski definition) is 3. The number of pyridine rings is 1. The summed E-state index contributed by atoms with van der Waals surface area (Å²) in [4.78, 5) is 27.1. The second-order valence-electron chi connectivity index (χ2n) is 4.51. The van der Waals surface area contributed by atoms with Crippen LogP contribution in [0.4, 0.5) is 0 Å². The first-order valence-electron chi connectivity index (χ1n) is 6.31. The highest BCUT2D eigenvalue weighted by Crippen LogP contribution is 2.25. The molecule has 0 aromatic carbocycles. The summed E-state index contributed by atoms with van der Waals surface area (Å²) in [5.74, 6) is -1.26. The Balaban J connectivity index is 2.04. The molecule has 2 N–H and O–H groups in total. The third kappa shape index (κ3) is 3.40. The standard InChI is InChI=1S/C14H16N2O3/c17-13(16-9-10-4-3-7-15-8-10)11-5-1-2-6-12(11)14(18)19/h3-4,7-8H,1-2,5-6,9H2,(H,16,17)(H,18,19). The molecule has 5 nitrogen and oxygen atoms in total. The summed E-state index contributed by atoms with van der Waals surface area (Å²) in [6.07, 6.45) is 6.06. The lowest BCUT2D eigenvalue weighted by Gasteiger charge is -2.17. The number of nitrogens with zero attached hydrogens (tertiary/aromatic N) is 1. The molecule has 0 atom stereocenters. The summed E-state index contributed by atoms with van der Waals surface area (Å²) in [5, 5.41) is 11.8. The Hall–Kier alpha value is -2.17. The number of aliphatic carboxylic acids is 1. The number of rotatable bonds is 4. The van der Waals surface area contributed by atoms with Crippen LogP contribution >= 0.6 is 0 Å². The molecule has 1 amide bonds. The lowest BCUT2D eigenvalue weighted by Crippen LogP contribution is -2.28. The number of amides is 1. The average molecular weight is 260 g/mol. The summed E-state index contributed by atoms with van der Waals surface area (Å²) < 4.78 is 0. The van der Waals surface area contributed by atoms with Gasteiger partial charge in [0.2, 0.25) is 5.91 Å². The van der Waals surface area contributed by atoms with Gasteiger partial charge in [0.15, 0.2) is 0 Å². The number of nitrogens with one attached hydrogen (secondary N) is 1. The third-order valence-corrected chi connectivity index (χ3v) is 3.18. The van der Waals surface area contributed by atoms with Crippen LogP contribution in [0.1, 0.15) is 31.2 Å². The van der Waals surface area contributed by atoms with E-state index in [0.717, 1.165) is 18.4 Å². The Morgan fingerprint density at radius 2 is 2.00 bits per heavy atom. The van der Waals surface area contributed by atoms with Gasteiger partial charge in [-0.05, 0) is 37.3 Å². The molecule has 1 aromatic rings. The predicted octanol–water partition coefficient (Wildman–Crippen LogP) is 1.65. The van der Waals surface area contributed by atoms with Gasteiger partial charge in [-0.15, -0.1) is 0 Å². The molecule has 0 aliphatic heterocycles. The van der Waals surface area contributed by atoms with Gasteiger partial charge in [0, 0.05) is 30.1 Å². The lowest BCUT2D eigenvalue weighted by atomic mass is 9.91. The largest absolute Gasteiger partial charge is 0.478 e. The van der Waals surface area contributed by atoms with Crippen molar-refractivity contribution in [2.45, 2.75) is 32.2 Å². The van der Waals surface area contributed by atoms with Gasteiger partial charge in [-0.1, -0.05) is 6.07 Å². The number of carboxylic acids is 1. The SMILES string of the molecule is O=C(O)C1=C(C(=O)NCc2cccnc2)CCCC1. The fourth-order valence-corrected chi connectivity index (χ4v) is 2.18. The highest BCUT2D eigenvalue weighted by Gasteiger charge is 2.23. The summed E-state index contributed by atoms with van der Waals surface area (Å²) in [6.45, 7) is 0.364. The fourth-order valence-electron chi connectivity index (χ4n) is 2.18. The van der Waals surface area contributed by atoms with Crippen molar-refractivity contribution in [3.05, 3.63) is 41.2 Å². The van der Waals surface area contributed by atoms with Gasteiger partial charge in [-0.25, -0.2) is 4.79 Å². The normalized spacial score (nSPS) is 15.2. The predicted molar refractivity (Wildman–Crippen MR) is 69.2 cm³/mol. The first-order valence-corrected chi connectivity index (χ1v) is 6.31. The fraction of sp³-hybridized carbons (Fsp3) is 0.357. The van der Waals surface area contributed by atoms with Crippen molar-refractivity contribution in [2.24, 2.45) is 0 Å². The van der Waals surface area contributed by atoms with Crippen LogP contribution in [-0.4, -0.2) is 22.0 Å². The number of aromatic nitrogens is 1. The van der Waals surface area contributed by atoms with Gasteiger partial charge in [0.05, 0.1) is 0 Å². The molecule has 5 heteroatoms. The molecule has 0 bridgehead atoms. The van der Waals surface area contributed by atoms with Gasteiger partial charge in [0.1, 0.15) is 0 Å². The molecule has 0 saturated carbocycles. The van der Waals surface area contributed by atoms with Crippen LogP contribution in [0.2, 0.25) is 0 Å². The highest BCUT2D eigenvalue weighted by molar-refractivity contribution is 6.02. The van der Waals surface area contributed by atoms with Crippen molar-refractivity contribution in [1.29, 1.82) is 0 Å². The minimum atomic E-state index is -0.980. The van der Waals surface area contributed by atoms with E-state index >= 15 is 0 Å². The van der Waals surface area contributed by atoms with Gasteiger partial charge in [-0.2, -0.15) is 0 Å². The molecule has 0 saturated heterocycles. The zero-order valence-corrected chi connectivity index (χ0v) is 10.6. The van der Waals surface area contributed by atoms with Crippen LogP contribution < -0.4 is 5.32 Å². The summed E-state index contributed by atoms with van der Waals surface area (Å²) in [7, 11) is 0. The van der Waals surface area contributed by atoms with Crippen molar-refractivity contribution in [2.75, 3.05) is 0 Å². The molecule has 1 aliphatic rings. The van der Waals surface area contributed by atoms with E-state index in [4.69, 9.17) is 5.11 Å². The zero-order chi connectivity index (χ0) is 13.7. The van der Waals surface area contributed by atoms with Crippen LogP contribution in [0, 0.1) is 0 Å². The molecule has 2 rings (SSSR count). The molecule has 0 radical (unpaired) electrons. The molecule has 0 unspecified atom stereocenters. The molecule has 100 valence electrons. The Morgan fingerprint density at radius 3 is 2.63 bits per heavy atom. The number of hydrogen-bond donors (Lipinski definition) is 2. The first kappa shape index (κ1) is 13.3. The van der Waals surface area contributed by atoms with Crippen LogP contribution in [0.3, 0.4) is 0 Å². The molecule has 1 aliphatic carbocycles. The van der Waals surface area contributed by atoms with E-state index in [9.17, 15) is 9.59 Å². The van der Waals surface area contributed by atoms with Gasteiger partial charge >= 0.3 is 5.97 Å².